The molecule has 34 heavy (non-hydrogen) atoms. The summed E-state index contributed by atoms with van der Waals surface area (Å²) in [6, 6.07) is 0. The van der Waals surface area contributed by atoms with Crippen LogP contribution in [0, 0.1) is 56.7 Å². The molecule has 5 aliphatic carbocycles. The van der Waals surface area contributed by atoms with Gasteiger partial charge in [0.05, 0.1) is 18.8 Å². The van der Waals surface area contributed by atoms with E-state index in [1.807, 2.05) is 0 Å². The Balaban J connectivity index is 1.26. The van der Waals surface area contributed by atoms with Crippen molar-refractivity contribution in [3.05, 3.63) is 0 Å². The second-order valence-electron chi connectivity index (χ2n) is 15.3. The van der Waals surface area contributed by atoms with E-state index in [0.717, 1.165) is 31.3 Å². The summed E-state index contributed by atoms with van der Waals surface area (Å²) < 4.78 is 6.51. The number of carbonyl (C=O) groups excluding carboxylic acids is 1. The van der Waals surface area contributed by atoms with Crippen molar-refractivity contribution in [3.8, 4) is 0 Å². The van der Waals surface area contributed by atoms with Gasteiger partial charge in [-0.25, -0.2) is 0 Å². The third kappa shape index (κ3) is 2.60. The van der Waals surface area contributed by atoms with Crippen LogP contribution in [-0.4, -0.2) is 29.7 Å². The maximum absolute atomic E-state index is 12.9. The molecule has 192 valence electrons. The number of aliphatic hydroxyl groups is 1. The molecule has 0 bridgehead atoms. The molecular weight excluding hydrogens is 420 g/mol. The summed E-state index contributed by atoms with van der Waals surface area (Å²) in [5.74, 6) is 3.78. The van der Waals surface area contributed by atoms with Gasteiger partial charge in [-0.3, -0.25) is 4.79 Å². The lowest BCUT2D eigenvalue weighted by Crippen LogP contribution is -2.57. The fourth-order valence-electron chi connectivity index (χ4n) is 11.9. The van der Waals surface area contributed by atoms with Crippen molar-refractivity contribution in [3.63, 3.8) is 0 Å². The summed E-state index contributed by atoms with van der Waals surface area (Å²) in [7, 11) is 0. The minimum atomic E-state index is -0.320. The Kier molecular flexibility index (Phi) is 5.02. The Morgan fingerprint density at radius 1 is 0.882 bits per heavy atom. The van der Waals surface area contributed by atoms with Gasteiger partial charge in [-0.05, 0) is 115 Å². The van der Waals surface area contributed by atoms with Gasteiger partial charge in [0.1, 0.15) is 5.78 Å². The van der Waals surface area contributed by atoms with Crippen molar-refractivity contribution >= 4 is 5.78 Å². The quantitative estimate of drug-likeness (QED) is 0.493. The Hall–Kier alpha value is -0.410. The topological polar surface area (TPSA) is 46.5 Å². The molecule has 2 spiro atoms. The Bertz CT molecular complexity index is 868. The maximum atomic E-state index is 12.9. The summed E-state index contributed by atoms with van der Waals surface area (Å²) >= 11 is 0. The van der Waals surface area contributed by atoms with E-state index in [1.54, 1.807) is 0 Å². The van der Waals surface area contributed by atoms with E-state index in [1.165, 1.54) is 57.8 Å². The average molecular weight is 471 g/mol. The fraction of sp³-hybridized carbons (Fsp3) is 0.968. The summed E-state index contributed by atoms with van der Waals surface area (Å²) in [6.07, 6.45) is 13.8. The van der Waals surface area contributed by atoms with Crippen LogP contribution in [0.4, 0.5) is 0 Å². The Labute approximate surface area is 208 Å². The zero-order chi connectivity index (χ0) is 24.4. The molecule has 3 heteroatoms. The van der Waals surface area contributed by atoms with Crippen molar-refractivity contribution in [2.24, 2.45) is 56.7 Å². The van der Waals surface area contributed by atoms with Crippen LogP contribution in [-0.2, 0) is 9.53 Å². The first-order chi connectivity index (χ1) is 15.9. The molecule has 5 unspecified atom stereocenters. The molecule has 1 saturated heterocycles. The second-order valence-corrected chi connectivity index (χ2v) is 15.3. The Morgan fingerprint density at radius 3 is 2.24 bits per heavy atom. The first-order valence-electron chi connectivity index (χ1n) is 14.7. The molecule has 0 aromatic heterocycles. The van der Waals surface area contributed by atoms with E-state index in [0.29, 0.717) is 45.2 Å². The number of aliphatic hydroxyl groups excluding tert-OH is 1. The normalized spacial score (nSPS) is 55.8. The van der Waals surface area contributed by atoms with E-state index in [9.17, 15) is 9.90 Å². The number of ketones is 1. The van der Waals surface area contributed by atoms with E-state index < -0.39 is 0 Å². The molecule has 0 aromatic rings. The molecule has 5 saturated carbocycles. The van der Waals surface area contributed by atoms with Crippen molar-refractivity contribution < 1.29 is 14.6 Å². The molecule has 6 aliphatic rings. The SMILES string of the molecule is CC(C)C1(CO)CCC([C@H]2CCC3(C)C4CCC5C(C)(C)C(=O)CC[C@@]56C[C@@]46CC[C@]23C)CO1. The van der Waals surface area contributed by atoms with E-state index in [4.69, 9.17) is 4.74 Å². The number of rotatable bonds is 3. The highest BCUT2D eigenvalue weighted by atomic mass is 16.5. The van der Waals surface area contributed by atoms with Crippen LogP contribution in [0.25, 0.3) is 0 Å². The van der Waals surface area contributed by atoms with Crippen molar-refractivity contribution in [1.82, 2.24) is 0 Å². The molecule has 3 nitrogen and oxygen atoms in total. The highest BCUT2D eigenvalue weighted by Gasteiger charge is 2.82. The lowest BCUT2D eigenvalue weighted by Gasteiger charge is -2.63. The number of carbonyl (C=O) groups is 1. The number of hydrogen-bond donors (Lipinski definition) is 1. The van der Waals surface area contributed by atoms with Crippen LogP contribution < -0.4 is 0 Å². The summed E-state index contributed by atoms with van der Waals surface area (Å²) in [6.45, 7) is 15.3. The monoisotopic (exact) mass is 470 g/mol. The maximum Gasteiger partial charge on any atom is 0.138 e. The molecule has 1 heterocycles. The summed E-state index contributed by atoms with van der Waals surface area (Å²) in [4.78, 5) is 12.9. The molecule has 0 amide bonds. The largest absolute Gasteiger partial charge is 0.393 e. The lowest BCUT2D eigenvalue weighted by atomic mass is 9.42. The molecule has 1 N–H and O–H groups in total. The minimum Gasteiger partial charge on any atom is -0.393 e. The number of ether oxygens (including phenoxy) is 1. The van der Waals surface area contributed by atoms with Crippen molar-refractivity contribution in [1.29, 1.82) is 0 Å². The first kappa shape index (κ1) is 24.0. The summed E-state index contributed by atoms with van der Waals surface area (Å²) in [5, 5.41) is 10.1. The van der Waals surface area contributed by atoms with Gasteiger partial charge in [-0.1, -0.05) is 41.5 Å². The number of fused-ring (bicyclic) bond motifs is 2. The highest BCUT2D eigenvalue weighted by Crippen LogP contribution is 2.88. The minimum absolute atomic E-state index is 0.109. The third-order valence-corrected chi connectivity index (χ3v) is 14.3. The molecule has 6 fully saturated rings. The van der Waals surface area contributed by atoms with E-state index >= 15 is 0 Å². The van der Waals surface area contributed by atoms with Crippen LogP contribution in [0.3, 0.4) is 0 Å². The van der Waals surface area contributed by atoms with Crippen molar-refractivity contribution in [2.45, 2.75) is 118 Å². The van der Waals surface area contributed by atoms with Gasteiger partial charge in [0, 0.05) is 11.8 Å². The number of Topliss-reactive ketones (excluding diaryl/α,β-unsaturated/α-hetero) is 1. The van der Waals surface area contributed by atoms with Gasteiger partial charge in [0.2, 0.25) is 0 Å². The predicted octanol–water partition coefficient (Wildman–Crippen LogP) is 6.81. The van der Waals surface area contributed by atoms with Gasteiger partial charge >= 0.3 is 0 Å². The van der Waals surface area contributed by atoms with Crippen LogP contribution in [0.1, 0.15) is 112 Å². The Morgan fingerprint density at radius 2 is 1.59 bits per heavy atom. The van der Waals surface area contributed by atoms with Crippen LogP contribution >= 0.6 is 0 Å². The molecule has 0 aromatic carbocycles. The van der Waals surface area contributed by atoms with Crippen LogP contribution in [0.15, 0.2) is 0 Å². The lowest BCUT2D eigenvalue weighted by molar-refractivity contribution is -0.180. The van der Waals surface area contributed by atoms with E-state index in [2.05, 4.69) is 41.5 Å². The standard InChI is InChI=1S/C31H50O3/c1-20(2)31(19-32)14-9-21(17-34-31)22-10-12-28(6)24-8-7-23-26(3,4)25(33)11-13-29(23)18-30(24,29)16-15-27(22,28)5/h20-24,32H,7-19H2,1-6H3/t21?,22-,23?,24?,27-,28?,29-,30+,31?/m1/s1. The molecule has 1 aliphatic heterocycles. The van der Waals surface area contributed by atoms with Crippen molar-refractivity contribution in [2.75, 3.05) is 13.2 Å². The smallest absolute Gasteiger partial charge is 0.138 e. The van der Waals surface area contributed by atoms with Crippen LogP contribution in [0.5, 0.6) is 0 Å². The predicted molar refractivity (Wildman–Crippen MR) is 135 cm³/mol. The molecule has 9 atom stereocenters. The zero-order valence-electron chi connectivity index (χ0n) is 22.8. The van der Waals surface area contributed by atoms with Gasteiger partial charge in [-0.2, -0.15) is 0 Å². The van der Waals surface area contributed by atoms with Gasteiger partial charge < -0.3 is 9.84 Å². The zero-order valence-corrected chi connectivity index (χ0v) is 22.8. The average Bonchev–Trinajstić information content (AvgIpc) is 3.39. The molecular formula is C31H50O3. The third-order valence-electron chi connectivity index (χ3n) is 14.3. The van der Waals surface area contributed by atoms with E-state index in [-0.39, 0.29) is 17.6 Å². The summed E-state index contributed by atoms with van der Waals surface area (Å²) in [5.41, 5.74) is 1.41. The first-order valence-corrected chi connectivity index (χ1v) is 14.7. The highest BCUT2D eigenvalue weighted by molar-refractivity contribution is 5.86. The molecule has 6 rings (SSSR count). The van der Waals surface area contributed by atoms with Crippen LogP contribution in [0.2, 0.25) is 0 Å². The second kappa shape index (κ2) is 7.12. The van der Waals surface area contributed by atoms with Gasteiger partial charge in [0.25, 0.3) is 0 Å². The van der Waals surface area contributed by atoms with Gasteiger partial charge in [-0.15, -0.1) is 0 Å². The van der Waals surface area contributed by atoms with Gasteiger partial charge in [0.15, 0.2) is 0 Å². The fourth-order valence-corrected chi connectivity index (χ4v) is 11.9. The number of hydrogen-bond acceptors (Lipinski definition) is 3. The molecule has 0 radical (unpaired) electrons.